The van der Waals surface area contributed by atoms with Gasteiger partial charge in [0.1, 0.15) is 10.8 Å². The number of thiazole rings is 1. The summed E-state index contributed by atoms with van der Waals surface area (Å²) < 4.78 is 2.26. The van der Waals surface area contributed by atoms with Crippen molar-refractivity contribution < 1.29 is 5.11 Å². The maximum atomic E-state index is 10.2. The number of rotatable bonds is 3. The first-order chi connectivity index (χ1) is 12.6. The van der Waals surface area contributed by atoms with Gasteiger partial charge in [-0.2, -0.15) is 0 Å². The van der Waals surface area contributed by atoms with Gasteiger partial charge in [-0.25, -0.2) is 4.98 Å². The highest BCUT2D eigenvalue weighted by molar-refractivity contribution is 14.1. The number of aromatic nitrogens is 1. The Hall–Kier alpha value is -2.25. The van der Waals surface area contributed by atoms with Crippen molar-refractivity contribution in [3.63, 3.8) is 0 Å². The summed E-state index contributed by atoms with van der Waals surface area (Å²) in [6, 6.07) is 20.0. The van der Waals surface area contributed by atoms with Crippen molar-refractivity contribution in [1.29, 1.82) is 0 Å². The largest absolute Gasteiger partial charge is 0.507 e. The van der Waals surface area contributed by atoms with E-state index in [4.69, 9.17) is 0 Å². The topological polar surface area (TPSA) is 45.5 Å². The Morgan fingerprint density at radius 3 is 2.62 bits per heavy atom. The molecule has 26 heavy (non-hydrogen) atoms. The molecule has 0 radical (unpaired) electrons. The van der Waals surface area contributed by atoms with E-state index in [9.17, 15) is 5.11 Å². The Kier molecular flexibility index (Phi) is 4.74. The second-order valence-electron chi connectivity index (χ2n) is 5.95. The monoisotopic (exact) mass is 470 g/mol. The zero-order valence-electron chi connectivity index (χ0n) is 14.0. The average molecular weight is 470 g/mol. The van der Waals surface area contributed by atoms with Crippen molar-refractivity contribution in [2.75, 3.05) is 0 Å². The van der Waals surface area contributed by atoms with Gasteiger partial charge in [0.2, 0.25) is 0 Å². The van der Waals surface area contributed by atoms with Gasteiger partial charge in [0.15, 0.2) is 0 Å². The molecule has 0 aliphatic carbocycles. The fraction of sp³-hybridized carbons (Fsp3) is 0.0476. The summed E-state index contributed by atoms with van der Waals surface area (Å²) in [6.45, 7) is 1.89. The molecule has 0 amide bonds. The Morgan fingerprint density at radius 1 is 1.08 bits per heavy atom. The third-order valence-electron chi connectivity index (χ3n) is 4.06. The second kappa shape index (κ2) is 7.17. The summed E-state index contributed by atoms with van der Waals surface area (Å²) in [5.41, 5.74) is 4.53. The van der Waals surface area contributed by atoms with Crippen LogP contribution in [-0.4, -0.2) is 16.3 Å². The molecule has 1 aromatic heterocycles. The molecule has 0 bridgehead atoms. The Labute approximate surface area is 169 Å². The van der Waals surface area contributed by atoms with E-state index in [0.717, 1.165) is 36.5 Å². The summed E-state index contributed by atoms with van der Waals surface area (Å²) in [5, 5.41) is 11.2. The Morgan fingerprint density at radius 2 is 1.85 bits per heavy atom. The maximum Gasteiger partial charge on any atom is 0.127 e. The van der Waals surface area contributed by atoms with E-state index in [1.807, 2.05) is 61.5 Å². The number of halogens is 1. The van der Waals surface area contributed by atoms with Gasteiger partial charge < -0.3 is 5.11 Å². The SMILES string of the molecule is Cc1cc(I)cc(C=Nc2ccc(-c3nc4ccccc4s3)cc2)c1O. The maximum absolute atomic E-state index is 10.2. The summed E-state index contributed by atoms with van der Waals surface area (Å²) in [7, 11) is 0. The van der Waals surface area contributed by atoms with Crippen LogP contribution in [0.15, 0.2) is 65.7 Å². The first-order valence-corrected chi connectivity index (χ1v) is 9.99. The zero-order valence-corrected chi connectivity index (χ0v) is 17.0. The van der Waals surface area contributed by atoms with Gasteiger partial charge in [-0.3, -0.25) is 4.99 Å². The zero-order chi connectivity index (χ0) is 18.1. The third-order valence-corrected chi connectivity index (χ3v) is 5.76. The van der Waals surface area contributed by atoms with Gasteiger partial charge in [0.05, 0.1) is 15.9 Å². The highest BCUT2D eigenvalue weighted by atomic mass is 127. The number of benzene rings is 3. The van der Waals surface area contributed by atoms with Crippen LogP contribution in [0.2, 0.25) is 0 Å². The molecule has 1 heterocycles. The quantitative estimate of drug-likeness (QED) is 0.281. The molecule has 0 atom stereocenters. The lowest BCUT2D eigenvalue weighted by Gasteiger charge is -2.04. The summed E-state index contributed by atoms with van der Waals surface area (Å²) in [6.07, 6.45) is 1.71. The predicted molar refractivity (Wildman–Crippen MR) is 118 cm³/mol. The highest BCUT2D eigenvalue weighted by Crippen LogP contribution is 2.31. The van der Waals surface area contributed by atoms with E-state index in [-0.39, 0.29) is 5.75 Å². The van der Waals surface area contributed by atoms with Crippen molar-refractivity contribution >= 4 is 56.0 Å². The van der Waals surface area contributed by atoms with Crippen LogP contribution in [0.5, 0.6) is 5.75 Å². The van der Waals surface area contributed by atoms with Crippen LogP contribution >= 0.6 is 33.9 Å². The van der Waals surface area contributed by atoms with Crippen molar-refractivity contribution in [1.82, 2.24) is 4.98 Å². The van der Waals surface area contributed by atoms with Crippen LogP contribution in [0, 0.1) is 10.5 Å². The standard InChI is InChI=1S/C21H15IN2OS/c1-13-10-16(22)11-15(20(13)25)12-23-17-8-6-14(7-9-17)21-24-18-4-2-3-5-19(18)26-21/h2-12,25H,1H3. The molecule has 3 nitrogen and oxygen atoms in total. The molecule has 128 valence electrons. The molecule has 1 N–H and O–H groups in total. The Bertz CT molecular complexity index is 1080. The van der Waals surface area contributed by atoms with E-state index < -0.39 is 0 Å². The molecule has 0 unspecified atom stereocenters. The molecule has 0 spiro atoms. The Balaban J connectivity index is 1.60. The molecule has 5 heteroatoms. The first kappa shape index (κ1) is 17.2. The fourth-order valence-corrected chi connectivity index (χ4v) is 4.46. The fourth-order valence-electron chi connectivity index (χ4n) is 2.69. The summed E-state index contributed by atoms with van der Waals surface area (Å²) in [4.78, 5) is 9.18. The second-order valence-corrected chi connectivity index (χ2v) is 8.23. The molecule has 0 aliphatic rings. The number of aliphatic imine (C=N–C) groups is 1. The number of hydrogen-bond acceptors (Lipinski definition) is 4. The lowest BCUT2D eigenvalue weighted by atomic mass is 10.1. The van der Waals surface area contributed by atoms with Crippen LogP contribution in [0.1, 0.15) is 11.1 Å². The first-order valence-electron chi connectivity index (χ1n) is 8.09. The number of phenolic OH excluding ortho intramolecular Hbond substituents is 1. The number of fused-ring (bicyclic) bond motifs is 1. The van der Waals surface area contributed by atoms with Crippen LogP contribution < -0.4 is 0 Å². The summed E-state index contributed by atoms with van der Waals surface area (Å²) >= 11 is 3.93. The number of hydrogen-bond donors (Lipinski definition) is 1. The molecule has 0 aliphatic heterocycles. The van der Waals surface area contributed by atoms with E-state index in [0.29, 0.717) is 0 Å². The molecule has 4 rings (SSSR count). The number of para-hydroxylation sites is 1. The molecular weight excluding hydrogens is 455 g/mol. The van der Waals surface area contributed by atoms with Gasteiger partial charge in [0, 0.05) is 20.9 Å². The lowest BCUT2D eigenvalue weighted by Crippen LogP contribution is -1.87. The van der Waals surface area contributed by atoms with Crippen molar-refractivity contribution in [3.05, 3.63) is 75.4 Å². The van der Waals surface area contributed by atoms with Gasteiger partial charge in [-0.15, -0.1) is 11.3 Å². The van der Waals surface area contributed by atoms with Gasteiger partial charge in [-0.1, -0.05) is 12.1 Å². The molecule has 0 fully saturated rings. The average Bonchev–Trinajstić information content (AvgIpc) is 3.08. The van der Waals surface area contributed by atoms with Crippen molar-refractivity contribution in [2.24, 2.45) is 4.99 Å². The normalized spacial score (nSPS) is 11.5. The number of phenols is 1. The highest BCUT2D eigenvalue weighted by Gasteiger charge is 2.06. The van der Waals surface area contributed by atoms with Gasteiger partial charge >= 0.3 is 0 Å². The van der Waals surface area contributed by atoms with Crippen molar-refractivity contribution in [3.8, 4) is 16.3 Å². The van der Waals surface area contributed by atoms with Crippen LogP contribution in [0.3, 0.4) is 0 Å². The van der Waals surface area contributed by atoms with Crippen LogP contribution in [-0.2, 0) is 0 Å². The summed E-state index contributed by atoms with van der Waals surface area (Å²) in [5.74, 6) is 0.278. The van der Waals surface area contributed by atoms with E-state index in [1.54, 1.807) is 17.6 Å². The number of aromatic hydroxyl groups is 1. The third kappa shape index (κ3) is 3.50. The number of aryl methyl sites for hydroxylation is 1. The van der Waals surface area contributed by atoms with E-state index in [2.05, 4.69) is 38.6 Å². The molecule has 0 saturated heterocycles. The van der Waals surface area contributed by atoms with Gasteiger partial charge in [-0.05, 0) is 83.6 Å². The molecular formula is C21H15IN2OS. The predicted octanol–water partition coefficient (Wildman–Crippen LogP) is 6.33. The minimum absolute atomic E-state index is 0.278. The van der Waals surface area contributed by atoms with E-state index in [1.165, 1.54) is 4.70 Å². The van der Waals surface area contributed by atoms with Crippen LogP contribution in [0.4, 0.5) is 5.69 Å². The molecule has 4 aromatic rings. The number of nitrogens with zero attached hydrogens (tertiary/aromatic N) is 2. The van der Waals surface area contributed by atoms with Crippen molar-refractivity contribution in [2.45, 2.75) is 6.92 Å². The van der Waals surface area contributed by atoms with Gasteiger partial charge in [0.25, 0.3) is 0 Å². The minimum atomic E-state index is 0.278. The minimum Gasteiger partial charge on any atom is -0.507 e. The lowest BCUT2D eigenvalue weighted by molar-refractivity contribution is 0.470. The molecule has 3 aromatic carbocycles. The van der Waals surface area contributed by atoms with Crippen LogP contribution in [0.25, 0.3) is 20.8 Å². The van der Waals surface area contributed by atoms with E-state index >= 15 is 0 Å². The molecule has 0 saturated carbocycles. The smallest absolute Gasteiger partial charge is 0.127 e.